The van der Waals surface area contributed by atoms with E-state index in [1.165, 1.54) is 151 Å². The molecule has 0 N–H and O–H groups in total. The van der Waals surface area contributed by atoms with Crippen molar-refractivity contribution >= 4 is 94.4 Å². The fourth-order valence-corrected chi connectivity index (χ4v) is 15.3. The van der Waals surface area contributed by atoms with Crippen LogP contribution in [-0.2, 0) is 19.3 Å². The summed E-state index contributed by atoms with van der Waals surface area (Å²) in [6.07, 6.45) is 20.9. The standard InChI is InChI=1S/C54H63NO2S5/c1-6-11-14-15-16-17-20-37-21-23-38(24-22-37)55-53(56)43-34-59-52(49(43)54(55)57)46-33-42-48(45-28-26-40(61-45)32-36(10-5)19-13-8-3)50-41(29-30-58-50)47(51(42)62-46)44-27-25-39(60-44)31-35(9-4)18-12-7-2/h21-30,33-36H,6-20,31-32H2,1-5H3. The SMILES string of the molecule is CCCCCCCCc1ccc(N2C(=O)c3csc(-c4cc5c(-c6ccc(CC(CC)CCCC)s6)c6sccc6c(-c6ccc(CC(CC)CCCC)s6)c5s4)c3C2=O)cc1. The summed E-state index contributed by atoms with van der Waals surface area (Å²) in [5, 5.41) is 6.76. The van der Waals surface area contributed by atoms with Crippen LogP contribution < -0.4 is 4.90 Å². The highest BCUT2D eigenvalue weighted by Crippen LogP contribution is 2.54. The fraction of sp³-hybridized carbons (Fsp3) is 0.444. The number of thiophene rings is 5. The van der Waals surface area contributed by atoms with E-state index in [9.17, 15) is 9.59 Å². The predicted molar refractivity (Wildman–Crippen MR) is 276 cm³/mol. The first-order valence-corrected chi connectivity index (χ1v) is 27.8. The Labute approximate surface area is 390 Å². The lowest BCUT2D eigenvalue weighted by atomic mass is 9.95. The van der Waals surface area contributed by atoms with Gasteiger partial charge in [-0.1, -0.05) is 130 Å². The highest BCUT2D eigenvalue weighted by Gasteiger charge is 2.41. The Morgan fingerprint density at radius 2 is 1.16 bits per heavy atom. The highest BCUT2D eigenvalue weighted by atomic mass is 32.1. The number of carbonyl (C=O) groups excluding carboxylic acids is 2. The van der Waals surface area contributed by atoms with Crippen molar-refractivity contribution in [2.75, 3.05) is 4.90 Å². The monoisotopic (exact) mass is 917 g/mol. The fourth-order valence-electron chi connectivity index (χ4n) is 9.40. The average molecular weight is 918 g/mol. The first-order valence-electron chi connectivity index (χ1n) is 23.6. The first kappa shape index (κ1) is 45.2. The van der Waals surface area contributed by atoms with Crippen molar-refractivity contribution < 1.29 is 9.59 Å². The summed E-state index contributed by atoms with van der Waals surface area (Å²) in [4.78, 5) is 37.5. The van der Waals surface area contributed by atoms with E-state index in [2.05, 4.69) is 88.5 Å². The molecule has 0 saturated carbocycles. The molecule has 2 atom stereocenters. The van der Waals surface area contributed by atoms with Gasteiger partial charge in [-0.05, 0) is 97.0 Å². The van der Waals surface area contributed by atoms with E-state index >= 15 is 0 Å². The van der Waals surface area contributed by atoms with Gasteiger partial charge >= 0.3 is 0 Å². The Morgan fingerprint density at radius 1 is 0.548 bits per heavy atom. The van der Waals surface area contributed by atoms with Crippen LogP contribution in [0.25, 0.3) is 50.8 Å². The third-order valence-corrected chi connectivity index (χ3v) is 18.6. The maximum atomic E-state index is 14.5. The smallest absolute Gasteiger partial charge is 0.267 e. The largest absolute Gasteiger partial charge is 0.268 e. The van der Waals surface area contributed by atoms with E-state index in [4.69, 9.17) is 0 Å². The van der Waals surface area contributed by atoms with Gasteiger partial charge < -0.3 is 0 Å². The van der Waals surface area contributed by atoms with Gasteiger partial charge in [-0.3, -0.25) is 9.59 Å². The molecule has 0 bridgehead atoms. The number of aryl methyl sites for hydroxylation is 1. The zero-order valence-corrected chi connectivity index (χ0v) is 41.5. The predicted octanol–water partition coefficient (Wildman–Crippen LogP) is 18.5. The molecule has 62 heavy (non-hydrogen) atoms. The molecular formula is C54H63NO2S5. The molecule has 3 nitrogen and oxygen atoms in total. The van der Waals surface area contributed by atoms with Crippen LogP contribution in [0.4, 0.5) is 5.69 Å². The summed E-state index contributed by atoms with van der Waals surface area (Å²) in [5.74, 6) is 0.996. The lowest BCUT2D eigenvalue weighted by Crippen LogP contribution is -2.29. The number of nitrogens with zero attached hydrogens (tertiary/aromatic N) is 1. The molecule has 2 unspecified atom stereocenters. The summed E-state index contributed by atoms with van der Waals surface area (Å²) in [5.41, 5.74) is 5.62. The van der Waals surface area contributed by atoms with Crippen LogP contribution in [0.5, 0.6) is 0 Å². The van der Waals surface area contributed by atoms with Gasteiger partial charge in [-0.25, -0.2) is 4.90 Å². The number of hydrogen-bond acceptors (Lipinski definition) is 7. The maximum absolute atomic E-state index is 14.5. The average Bonchev–Trinajstić information content (AvgIpc) is 4.16. The normalized spacial score (nSPS) is 13.9. The van der Waals surface area contributed by atoms with E-state index in [1.54, 1.807) is 22.7 Å². The third-order valence-electron chi connectivity index (χ3n) is 13.2. The lowest BCUT2D eigenvalue weighted by Gasteiger charge is -2.15. The Hall–Kier alpha value is -3.40. The van der Waals surface area contributed by atoms with Crippen molar-refractivity contribution in [1.29, 1.82) is 0 Å². The topological polar surface area (TPSA) is 37.4 Å². The second-order valence-electron chi connectivity index (χ2n) is 17.5. The summed E-state index contributed by atoms with van der Waals surface area (Å²) in [6.45, 7) is 11.5. The second kappa shape index (κ2) is 21.1. The molecule has 7 aromatic rings. The van der Waals surface area contributed by atoms with Crippen LogP contribution >= 0.6 is 56.7 Å². The molecule has 8 heteroatoms. The van der Waals surface area contributed by atoms with Crippen LogP contribution in [0, 0.1) is 11.8 Å². The van der Waals surface area contributed by atoms with Gasteiger partial charge in [-0.15, -0.1) is 56.7 Å². The minimum Gasteiger partial charge on any atom is -0.268 e. The molecule has 0 saturated heterocycles. The van der Waals surface area contributed by atoms with Crippen LogP contribution in [0.15, 0.2) is 71.4 Å². The number of imide groups is 1. The van der Waals surface area contributed by atoms with E-state index in [1.807, 2.05) is 51.5 Å². The number of benzene rings is 2. The van der Waals surface area contributed by atoms with Gasteiger partial charge in [0.1, 0.15) is 0 Å². The van der Waals surface area contributed by atoms with Gasteiger partial charge in [0.15, 0.2) is 0 Å². The van der Waals surface area contributed by atoms with Gasteiger partial charge in [0.25, 0.3) is 11.8 Å². The van der Waals surface area contributed by atoms with Crippen molar-refractivity contribution in [2.45, 2.75) is 144 Å². The van der Waals surface area contributed by atoms with E-state index < -0.39 is 0 Å². The zero-order chi connectivity index (χ0) is 43.2. The molecule has 0 radical (unpaired) electrons. The Kier molecular flexibility index (Phi) is 15.3. The van der Waals surface area contributed by atoms with Crippen molar-refractivity contribution in [3.8, 4) is 30.6 Å². The molecule has 8 rings (SSSR count). The molecule has 6 heterocycles. The van der Waals surface area contributed by atoms with Crippen molar-refractivity contribution in [3.63, 3.8) is 0 Å². The number of hydrogen-bond donors (Lipinski definition) is 0. The molecule has 0 spiro atoms. The minimum absolute atomic E-state index is 0.211. The highest BCUT2D eigenvalue weighted by molar-refractivity contribution is 7.27. The Morgan fingerprint density at radius 3 is 1.79 bits per heavy atom. The molecular weight excluding hydrogens is 855 g/mol. The second-order valence-corrected chi connectivity index (χ2v) is 22.7. The number of fused-ring (bicyclic) bond motifs is 3. The zero-order valence-electron chi connectivity index (χ0n) is 37.4. The summed E-state index contributed by atoms with van der Waals surface area (Å²) >= 11 is 9.12. The summed E-state index contributed by atoms with van der Waals surface area (Å²) in [7, 11) is 0. The van der Waals surface area contributed by atoms with Crippen molar-refractivity contribution in [1.82, 2.24) is 0 Å². The lowest BCUT2D eigenvalue weighted by molar-refractivity contribution is 0.0926. The molecule has 0 aliphatic carbocycles. The summed E-state index contributed by atoms with van der Waals surface area (Å²) < 4.78 is 2.61. The number of rotatable bonds is 23. The molecule has 2 aromatic carbocycles. The first-order chi connectivity index (χ1) is 30.4. The van der Waals surface area contributed by atoms with Crippen LogP contribution in [0.1, 0.15) is 161 Å². The van der Waals surface area contributed by atoms with Crippen molar-refractivity contribution in [3.05, 3.63) is 97.9 Å². The maximum Gasteiger partial charge on any atom is 0.267 e. The number of unbranched alkanes of at least 4 members (excludes halogenated alkanes) is 7. The number of amides is 2. The van der Waals surface area contributed by atoms with E-state index in [-0.39, 0.29) is 11.8 Å². The van der Waals surface area contributed by atoms with Gasteiger partial charge in [0, 0.05) is 61.1 Å². The molecule has 1 aliphatic heterocycles. The Bertz CT molecular complexity index is 2490. The number of anilines is 1. The molecule has 1 aliphatic rings. The van der Waals surface area contributed by atoms with Crippen LogP contribution in [0.3, 0.4) is 0 Å². The van der Waals surface area contributed by atoms with Gasteiger partial charge in [-0.2, -0.15) is 0 Å². The van der Waals surface area contributed by atoms with Gasteiger partial charge in [0.2, 0.25) is 0 Å². The van der Waals surface area contributed by atoms with E-state index in [0.29, 0.717) is 28.7 Å². The molecule has 0 fully saturated rings. The van der Waals surface area contributed by atoms with E-state index in [0.717, 1.165) is 29.0 Å². The molecule has 2 amide bonds. The Balaban J connectivity index is 1.17. The number of carbonyl (C=O) groups is 2. The molecule has 5 aromatic heterocycles. The van der Waals surface area contributed by atoms with Crippen LogP contribution in [0.2, 0.25) is 0 Å². The van der Waals surface area contributed by atoms with Crippen LogP contribution in [-0.4, -0.2) is 11.8 Å². The minimum atomic E-state index is -0.218. The quantitative estimate of drug-likeness (QED) is 0.0474. The molecule has 326 valence electrons. The third kappa shape index (κ3) is 9.52. The van der Waals surface area contributed by atoms with Crippen molar-refractivity contribution in [2.24, 2.45) is 11.8 Å². The van der Waals surface area contributed by atoms with Gasteiger partial charge in [0.05, 0.1) is 21.7 Å². The summed E-state index contributed by atoms with van der Waals surface area (Å²) in [6, 6.07) is 22.3.